The van der Waals surface area contributed by atoms with Crippen molar-refractivity contribution in [2.75, 3.05) is 39.3 Å². The molecule has 1 aromatic rings. The summed E-state index contributed by atoms with van der Waals surface area (Å²) in [5.41, 5.74) is 1.01. The van der Waals surface area contributed by atoms with Crippen LogP contribution in [0, 0.1) is 29.1 Å². The van der Waals surface area contributed by atoms with Crippen LogP contribution in [-0.2, 0) is 20.9 Å². The van der Waals surface area contributed by atoms with E-state index in [0.717, 1.165) is 52.1 Å². The smallest absolute Gasteiger partial charge is 0.233 e. The van der Waals surface area contributed by atoms with Crippen molar-refractivity contribution in [3.05, 3.63) is 35.9 Å². The first-order valence-electron chi connectivity index (χ1n) is 12.2. The summed E-state index contributed by atoms with van der Waals surface area (Å²) < 4.78 is 0. The molecule has 0 aromatic heterocycles. The maximum absolute atomic E-state index is 13.2. The highest BCUT2D eigenvalue weighted by molar-refractivity contribution is 6.09. The van der Waals surface area contributed by atoms with E-state index in [1.807, 2.05) is 0 Å². The van der Waals surface area contributed by atoms with Crippen LogP contribution in [0.4, 0.5) is 0 Å². The molecule has 3 saturated carbocycles. The minimum absolute atomic E-state index is 0.0143. The number of rotatable bonds is 6. The Labute approximate surface area is 190 Å². The molecule has 0 radical (unpaired) electrons. The molecule has 6 rings (SSSR count). The lowest BCUT2D eigenvalue weighted by atomic mass is 9.48. The lowest BCUT2D eigenvalue weighted by molar-refractivity contribution is -0.157. The van der Waals surface area contributed by atoms with E-state index in [1.165, 1.54) is 10.5 Å². The highest BCUT2D eigenvalue weighted by Crippen LogP contribution is 2.60. The fraction of sp³-hybridized carbons (Fsp3) is 0.654. The number of ketones is 1. The molecule has 5 atom stereocenters. The third kappa shape index (κ3) is 3.71. The molecule has 6 nitrogen and oxygen atoms in total. The van der Waals surface area contributed by atoms with E-state index in [0.29, 0.717) is 13.0 Å². The van der Waals surface area contributed by atoms with E-state index < -0.39 is 5.92 Å². The second-order valence-corrected chi connectivity index (χ2v) is 10.8. The summed E-state index contributed by atoms with van der Waals surface area (Å²) in [6.07, 6.45) is 2.15. The molecule has 2 bridgehead atoms. The molecule has 5 fully saturated rings. The molecule has 1 aromatic carbocycles. The summed E-state index contributed by atoms with van der Waals surface area (Å²) >= 11 is 0. The molecule has 0 N–H and O–H groups in total. The van der Waals surface area contributed by atoms with Crippen LogP contribution < -0.4 is 0 Å². The number of carbonyl (C=O) groups excluding carboxylic acids is 3. The zero-order valence-corrected chi connectivity index (χ0v) is 19.3. The Balaban J connectivity index is 1.13. The highest BCUT2D eigenvalue weighted by Gasteiger charge is 2.66. The monoisotopic (exact) mass is 437 g/mol. The Morgan fingerprint density at radius 1 is 0.906 bits per heavy atom. The molecule has 2 heterocycles. The minimum Gasteiger partial charge on any atom is -0.301 e. The standard InChI is InChI=1S/C26H35N3O3/c1-18-15-26(2)16-20(30)21(18)22-23(26)25(32)29(24(22)31)10-6-9-27-11-13-28(14-12-27)17-19-7-4-3-5-8-19/h3-5,7-8,18,21-23H,6,9-17H2,1-2H3/t18?,21-,22?,23?,26+/m0/s1. The van der Waals surface area contributed by atoms with Crippen LogP contribution in [0.15, 0.2) is 30.3 Å². The van der Waals surface area contributed by atoms with E-state index in [9.17, 15) is 14.4 Å². The zero-order valence-electron chi connectivity index (χ0n) is 19.3. The first kappa shape index (κ1) is 21.8. The molecular formula is C26H35N3O3. The summed E-state index contributed by atoms with van der Waals surface area (Å²) in [7, 11) is 0. The number of fused-ring (bicyclic) bond motifs is 2. The van der Waals surface area contributed by atoms with Crippen molar-refractivity contribution in [1.29, 1.82) is 0 Å². The van der Waals surface area contributed by atoms with Gasteiger partial charge in [0, 0.05) is 51.6 Å². The first-order valence-corrected chi connectivity index (χ1v) is 12.2. The van der Waals surface area contributed by atoms with Gasteiger partial charge in [-0.3, -0.25) is 24.2 Å². The average molecular weight is 438 g/mol. The van der Waals surface area contributed by atoms with Gasteiger partial charge in [-0.1, -0.05) is 44.2 Å². The quantitative estimate of drug-likeness (QED) is 0.640. The second-order valence-electron chi connectivity index (χ2n) is 10.8. The summed E-state index contributed by atoms with van der Waals surface area (Å²) in [4.78, 5) is 45.5. The Morgan fingerprint density at radius 2 is 1.59 bits per heavy atom. The van der Waals surface area contributed by atoms with Gasteiger partial charge < -0.3 is 4.90 Å². The summed E-state index contributed by atoms with van der Waals surface area (Å²) in [5.74, 6) is -0.631. The largest absolute Gasteiger partial charge is 0.301 e. The van der Waals surface area contributed by atoms with Crippen LogP contribution in [0.2, 0.25) is 0 Å². The fourth-order valence-corrected chi connectivity index (χ4v) is 7.09. The van der Waals surface area contributed by atoms with E-state index in [-0.39, 0.29) is 40.8 Å². The first-order chi connectivity index (χ1) is 15.4. The Morgan fingerprint density at radius 3 is 2.28 bits per heavy atom. The third-order valence-electron chi connectivity index (χ3n) is 8.50. The second kappa shape index (κ2) is 8.38. The van der Waals surface area contributed by atoms with Crippen LogP contribution in [-0.4, -0.2) is 71.6 Å². The maximum atomic E-state index is 13.2. The van der Waals surface area contributed by atoms with Gasteiger partial charge in [0.15, 0.2) is 0 Å². The normalized spacial score (nSPS) is 35.6. The zero-order chi connectivity index (χ0) is 22.5. The Bertz CT molecular complexity index is 895. The van der Waals surface area contributed by atoms with Gasteiger partial charge in [0.25, 0.3) is 0 Å². The predicted molar refractivity (Wildman–Crippen MR) is 121 cm³/mol. The minimum atomic E-state index is -0.404. The van der Waals surface area contributed by atoms with Crippen LogP contribution in [0.1, 0.15) is 38.7 Å². The molecule has 3 unspecified atom stereocenters. The van der Waals surface area contributed by atoms with Gasteiger partial charge in [-0.2, -0.15) is 0 Å². The van der Waals surface area contributed by atoms with Crippen molar-refractivity contribution >= 4 is 17.6 Å². The Kier molecular flexibility index (Phi) is 5.70. The number of benzene rings is 1. The number of amides is 2. The van der Waals surface area contributed by atoms with Crippen molar-refractivity contribution in [1.82, 2.24) is 14.7 Å². The van der Waals surface area contributed by atoms with Crippen LogP contribution >= 0.6 is 0 Å². The number of piperazine rings is 1. The lowest BCUT2D eigenvalue weighted by Gasteiger charge is -2.52. The molecule has 0 spiro atoms. The summed E-state index contributed by atoms with van der Waals surface area (Å²) in [6, 6.07) is 10.6. The SMILES string of the molecule is CC1C[C@]2(C)CC(=O)[C@H]1C1C(=O)N(CCCN3CCN(Cc4ccccc4)CC3)C(=O)C12. The number of hydrogen-bond donors (Lipinski definition) is 0. The highest BCUT2D eigenvalue weighted by atomic mass is 16.2. The van der Waals surface area contributed by atoms with Crippen molar-refractivity contribution in [2.24, 2.45) is 29.1 Å². The van der Waals surface area contributed by atoms with Gasteiger partial charge in [0.1, 0.15) is 5.78 Å². The average Bonchev–Trinajstić information content (AvgIpc) is 3.01. The van der Waals surface area contributed by atoms with Crippen molar-refractivity contribution in [3.8, 4) is 0 Å². The maximum Gasteiger partial charge on any atom is 0.233 e. The summed E-state index contributed by atoms with van der Waals surface area (Å²) in [5, 5.41) is 0. The van der Waals surface area contributed by atoms with Crippen LogP contribution in [0.25, 0.3) is 0 Å². The number of Topliss-reactive ketones (excluding diaryl/α,β-unsaturated/α-hetero) is 1. The van der Waals surface area contributed by atoms with Crippen molar-refractivity contribution in [3.63, 3.8) is 0 Å². The topological polar surface area (TPSA) is 60.9 Å². The van der Waals surface area contributed by atoms with E-state index >= 15 is 0 Å². The summed E-state index contributed by atoms with van der Waals surface area (Å²) in [6.45, 7) is 10.6. The van der Waals surface area contributed by atoms with Gasteiger partial charge in [-0.15, -0.1) is 0 Å². The van der Waals surface area contributed by atoms with Gasteiger partial charge >= 0.3 is 0 Å². The molecule has 2 saturated heterocycles. The van der Waals surface area contributed by atoms with Crippen LogP contribution in [0.5, 0.6) is 0 Å². The lowest BCUT2D eigenvalue weighted by Crippen LogP contribution is -2.56. The van der Waals surface area contributed by atoms with Crippen molar-refractivity contribution < 1.29 is 14.4 Å². The molecule has 172 valence electrons. The van der Waals surface area contributed by atoms with Gasteiger partial charge in [0.2, 0.25) is 11.8 Å². The molecule has 3 aliphatic carbocycles. The molecule has 5 aliphatic rings. The van der Waals surface area contributed by atoms with E-state index in [4.69, 9.17) is 0 Å². The molecule has 32 heavy (non-hydrogen) atoms. The van der Waals surface area contributed by atoms with Gasteiger partial charge in [-0.05, 0) is 36.3 Å². The number of carbonyl (C=O) groups is 3. The number of nitrogens with zero attached hydrogens (tertiary/aromatic N) is 3. The molecular weight excluding hydrogens is 402 g/mol. The fourth-order valence-electron chi connectivity index (χ4n) is 7.09. The Hall–Kier alpha value is -2.05. The number of hydrogen-bond acceptors (Lipinski definition) is 5. The number of likely N-dealkylation sites (tertiary alicyclic amines) is 1. The van der Waals surface area contributed by atoms with E-state index in [1.54, 1.807) is 0 Å². The van der Waals surface area contributed by atoms with Gasteiger partial charge in [0.05, 0.1) is 11.8 Å². The van der Waals surface area contributed by atoms with Crippen LogP contribution in [0.3, 0.4) is 0 Å². The van der Waals surface area contributed by atoms with E-state index in [2.05, 4.69) is 54.0 Å². The number of imide groups is 1. The molecule has 2 amide bonds. The molecule has 6 heteroatoms. The predicted octanol–water partition coefficient (Wildman–Crippen LogP) is 2.43. The molecule has 2 aliphatic heterocycles. The van der Waals surface area contributed by atoms with Crippen molar-refractivity contribution in [2.45, 2.75) is 39.7 Å². The van der Waals surface area contributed by atoms with Gasteiger partial charge in [-0.25, -0.2) is 0 Å². The third-order valence-corrected chi connectivity index (χ3v) is 8.50.